The van der Waals surface area contributed by atoms with E-state index >= 15 is 0 Å². The molecule has 1 aromatic heterocycles. The predicted octanol–water partition coefficient (Wildman–Crippen LogP) is 1.91. The van der Waals surface area contributed by atoms with Crippen molar-refractivity contribution in [2.24, 2.45) is 5.92 Å². The van der Waals surface area contributed by atoms with Crippen molar-refractivity contribution >= 4 is 5.91 Å². The predicted molar refractivity (Wildman–Crippen MR) is 85.4 cm³/mol. The third-order valence-corrected chi connectivity index (χ3v) is 4.46. The van der Waals surface area contributed by atoms with Crippen molar-refractivity contribution in [3.63, 3.8) is 0 Å². The number of carbonyl (C=O) groups excluding carboxylic acids is 1. The molecule has 0 aliphatic carbocycles. The monoisotopic (exact) mass is 312 g/mol. The van der Waals surface area contributed by atoms with Gasteiger partial charge in [-0.15, -0.1) is 0 Å². The highest BCUT2D eigenvalue weighted by molar-refractivity contribution is 5.94. The molecule has 5 nitrogen and oxygen atoms in total. The van der Waals surface area contributed by atoms with Crippen LogP contribution in [0.2, 0.25) is 0 Å². The lowest BCUT2D eigenvalue weighted by atomic mass is 9.87. The molecule has 2 aromatic rings. The number of piperidine rings is 1. The molecule has 1 fully saturated rings. The second-order valence-corrected chi connectivity index (χ2v) is 5.93. The van der Waals surface area contributed by atoms with Gasteiger partial charge >= 0.3 is 0 Å². The molecule has 1 amide bonds. The van der Waals surface area contributed by atoms with Crippen LogP contribution in [0, 0.1) is 11.1 Å². The minimum atomic E-state index is -0.482. The zero-order valence-corrected chi connectivity index (χ0v) is 12.8. The number of aliphatic hydroxyl groups is 1. The van der Waals surface area contributed by atoms with Gasteiger partial charge in [0, 0.05) is 25.2 Å². The van der Waals surface area contributed by atoms with Crippen LogP contribution in [0.25, 0.3) is 0 Å². The van der Waals surface area contributed by atoms with E-state index in [-0.39, 0.29) is 11.8 Å². The molecule has 0 bridgehead atoms. The van der Waals surface area contributed by atoms with Crippen LogP contribution < -0.4 is 4.73 Å². The standard InChI is InChI=1S/C18H20N2O3/c21-17(14-4-2-1-3-5-14)15-6-10-19(11-7-15)18(22)16-8-12-20(23)13-9-16/h1-5,8-9,12-13,15,17,21H,6-7,10-11H2. The van der Waals surface area contributed by atoms with Crippen LogP contribution in [0.4, 0.5) is 0 Å². The number of likely N-dealkylation sites (tertiary alicyclic amines) is 1. The Morgan fingerprint density at radius 1 is 1.13 bits per heavy atom. The third-order valence-electron chi connectivity index (χ3n) is 4.46. The van der Waals surface area contributed by atoms with Gasteiger partial charge in [-0.1, -0.05) is 30.3 Å². The van der Waals surface area contributed by atoms with Gasteiger partial charge in [0.25, 0.3) is 5.91 Å². The van der Waals surface area contributed by atoms with Crippen LogP contribution in [0.5, 0.6) is 0 Å². The van der Waals surface area contributed by atoms with Crippen LogP contribution in [0.3, 0.4) is 0 Å². The lowest BCUT2D eigenvalue weighted by Gasteiger charge is -2.34. The zero-order chi connectivity index (χ0) is 16.2. The second kappa shape index (κ2) is 6.79. The first kappa shape index (κ1) is 15.5. The largest absolute Gasteiger partial charge is 0.619 e. The topological polar surface area (TPSA) is 67.5 Å². The molecule has 1 atom stereocenters. The number of aromatic nitrogens is 1. The summed E-state index contributed by atoms with van der Waals surface area (Å²) in [6, 6.07) is 12.7. The molecular weight excluding hydrogens is 292 g/mol. The molecular formula is C18H20N2O3. The number of hydrogen-bond donors (Lipinski definition) is 1. The molecule has 1 N–H and O–H groups in total. The van der Waals surface area contributed by atoms with Gasteiger partial charge in [0.05, 0.1) is 11.7 Å². The summed E-state index contributed by atoms with van der Waals surface area (Å²) in [6.07, 6.45) is 3.73. The lowest BCUT2D eigenvalue weighted by Crippen LogP contribution is -2.40. The van der Waals surface area contributed by atoms with E-state index in [1.807, 2.05) is 30.3 Å². The minimum Gasteiger partial charge on any atom is -0.619 e. The lowest BCUT2D eigenvalue weighted by molar-refractivity contribution is -0.605. The number of rotatable bonds is 3. The Labute approximate surface area is 135 Å². The third kappa shape index (κ3) is 3.51. The molecule has 1 unspecified atom stereocenters. The molecule has 2 heterocycles. The average Bonchev–Trinajstić information content (AvgIpc) is 2.62. The molecule has 1 aromatic carbocycles. The van der Waals surface area contributed by atoms with E-state index < -0.39 is 6.10 Å². The van der Waals surface area contributed by atoms with E-state index in [9.17, 15) is 15.1 Å². The van der Waals surface area contributed by atoms with Crippen molar-refractivity contribution in [3.05, 3.63) is 71.2 Å². The van der Waals surface area contributed by atoms with Crippen LogP contribution in [0.1, 0.15) is 34.9 Å². The summed E-state index contributed by atoms with van der Waals surface area (Å²) >= 11 is 0. The number of carbonyl (C=O) groups is 1. The zero-order valence-electron chi connectivity index (χ0n) is 12.8. The molecule has 1 aliphatic rings. The highest BCUT2D eigenvalue weighted by Gasteiger charge is 2.28. The number of nitrogens with zero attached hydrogens (tertiary/aromatic N) is 2. The van der Waals surface area contributed by atoms with Gasteiger partial charge in [-0.3, -0.25) is 4.79 Å². The van der Waals surface area contributed by atoms with Gasteiger partial charge in [-0.2, -0.15) is 4.73 Å². The number of amides is 1. The molecule has 0 radical (unpaired) electrons. The highest BCUT2D eigenvalue weighted by atomic mass is 16.5. The van der Waals surface area contributed by atoms with Gasteiger partial charge in [-0.05, 0) is 24.3 Å². The van der Waals surface area contributed by atoms with Gasteiger partial charge in [-0.25, -0.2) is 0 Å². The first-order valence-corrected chi connectivity index (χ1v) is 7.86. The van der Waals surface area contributed by atoms with Gasteiger partial charge < -0.3 is 15.2 Å². The van der Waals surface area contributed by atoms with Crippen LogP contribution >= 0.6 is 0 Å². The van der Waals surface area contributed by atoms with Crippen molar-refractivity contribution in [2.45, 2.75) is 18.9 Å². The van der Waals surface area contributed by atoms with E-state index in [1.54, 1.807) is 17.0 Å². The maximum Gasteiger partial charge on any atom is 0.254 e. The molecule has 5 heteroatoms. The summed E-state index contributed by atoms with van der Waals surface area (Å²) in [5, 5.41) is 21.5. The summed E-state index contributed by atoms with van der Waals surface area (Å²) in [7, 11) is 0. The molecule has 0 spiro atoms. The fourth-order valence-electron chi connectivity index (χ4n) is 3.08. The van der Waals surface area contributed by atoms with Crippen LogP contribution in [-0.4, -0.2) is 29.0 Å². The van der Waals surface area contributed by atoms with Crippen molar-refractivity contribution < 1.29 is 14.6 Å². The van der Waals surface area contributed by atoms with Gasteiger partial charge in [0.2, 0.25) is 0 Å². The molecule has 3 rings (SSSR count). The van der Waals surface area contributed by atoms with E-state index in [2.05, 4.69) is 0 Å². The Bertz CT molecular complexity index is 650. The Balaban J connectivity index is 1.60. The van der Waals surface area contributed by atoms with E-state index in [1.165, 1.54) is 12.4 Å². The van der Waals surface area contributed by atoms with E-state index in [0.717, 1.165) is 18.4 Å². The second-order valence-electron chi connectivity index (χ2n) is 5.93. The summed E-state index contributed by atoms with van der Waals surface area (Å²) < 4.78 is 0.666. The number of pyridine rings is 1. The Morgan fingerprint density at radius 3 is 2.35 bits per heavy atom. The van der Waals surface area contributed by atoms with Crippen LogP contribution in [-0.2, 0) is 0 Å². The Morgan fingerprint density at radius 2 is 1.74 bits per heavy atom. The maximum atomic E-state index is 12.4. The Hall–Kier alpha value is -2.40. The van der Waals surface area contributed by atoms with Gasteiger partial charge in [0.15, 0.2) is 12.4 Å². The van der Waals surface area contributed by atoms with Crippen molar-refractivity contribution in [1.82, 2.24) is 4.90 Å². The highest BCUT2D eigenvalue weighted by Crippen LogP contribution is 2.30. The van der Waals surface area contributed by atoms with Crippen molar-refractivity contribution in [3.8, 4) is 0 Å². The number of aliphatic hydroxyl groups excluding tert-OH is 1. The molecule has 120 valence electrons. The summed E-state index contributed by atoms with van der Waals surface area (Å²) in [4.78, 5) is 14.2. The average molecular weight is 312 g/mol. The van der Waals surface area contributed by atoms with E-state index in [0.29, 0.717) is 23.4 Å². The molecule has 1 aliphatic heterocycles. The van der Waals surface area contributed by atoms with Gasteiger partial charge in [0.1, 0.15) is 0 Å². The van der Waals surface area contributed by atoms with E-state index in [4.69, 9.17) is 0 Å². The first-order chi connectivity index (χ1) is 11.1. The molecule has 23 heavy (non-hydrogen) atoms. The minimum absolute atomic E-state index is 0.0572. The Kier molecular flexibility index (Phi) is 4.57. The van der Waals surface area contributed by atoms with Crippen molar-refractivity contribution in [2.75, 3.05) is 13.1 Å². The summed E-state index contributed by atoms with van der Waals surface area (Å²) in [5.74, 6) is 0.110. The first-order valence-electron chi connectivity index (χ1n) is 7.86. The maximum absolute atomic E-state index is 12.4. The number of hydrogen-bond acceptors (Lipinski definition) is 3. The quantitative estimate of drug-likeness (QED) is 0.695. The summed E-state index contributed by atoms with van der Waals surface area (Å²) in [5.41, 5.74) is 1.46. The fraction of sp³-hybridized carbons (Fsp3) is 0.333. The molecule has 0 saturated carbocycles. The molecule has 1 saturated heterocycles. The summed E-state index contributed by atoms with van der Waals surface area (Å²) in [6.45, 7) is 1.25. The normalized spacial score (nSPS) is 17.0. The number of benzene rings is 1. The van der Waals surface area contributed by atoms with Crippen LogP contribution in [0.15, 0.2) is 54.9 Å². The fourth-order valence-corrected chi connectivity index (χ4v) is 3.08. The van der Waals surface area contributed by atoms with Crippen molar-refractivity contribution in [1.29, 1.82) is 0 Å². The SMILES string of the molecule is O=C(c1cc[n+]([O-])cc1)N1CCC(C(O)c2ccccc2)CC1. The smallest absolute Gasteiger partial charge is 0.254 e.